The summed E-state index contributed by atoms with van der Waals surface area (Å²) in [4.78, 5) is 43.4. The van der Waals surface area contributed by atoms with Gasteiger partial charge in [0, 0.05) is 11.8 Å². The first-order chi connectivity index (χ1) is 20.2. The third-order valence-electron chi connectivity index (χ3n) is 6.60. The van der Waals surface area contributed by atoms with Crippen molar-refractivity contribution in [2.45, 2.75) is 19.9 Å². The Morgan fingerprint density at radius 3 is 2.55 bits per heavy atom. The highest BCUT2D eigenvalue weighted by Crippen LogP contribution is 2.37. The van der Waals surface area contributed by atoms with Gasteiger partial charge in [-0.25, -0.2) is 4.99 Å². The second-order valence-electron chi connectivity index (χ2n) is 9.25. The zero-order valence-corrected chi connectivity index (χ0v) is 23.7. The van der Waals surface area contributed by atoms with Crippen LogP contribution in [0.1, 0.15) is 31.0 Å². The molecule has 0 spiro atoms. The second-order valence-corrected chi connectivity index (χ2v) is 10.3. The quantitative estimate of drug-likeness (QED) is 0.235. The summed E-state index contributed by atoms with van der Waals surface area (Å²) in [5, 5.41) is 24.6. The van der Waals surface area contributed by atoms with Crippen molar-refractivity contribution in [1.29, 1.82) is 0 Å². The number of nitro benzene ring substituents is 1. The molecule has 1 aliphatic rings. The lowest BCUT2D eigenvalue weighted by atomic mass is 9.95. The molecule has 5 rings (SSSR count). The van der Waals surface area contributed by atoms with Crippen LogP contribution in [0.5, 0.6) is 17.2 Å². The Balaban J connectivity index is 1.68. The Morgan fingerprint density at radius 1 is 1.19 bits per heavy atom. The molecule has 11 nitrogen and oxygen atoms in total. The van der Waals surface area contributed by atoms with Crippen LogP contribution in [-0.2, 0) is 4.79 Å². The normalized spacial score (nSPS) is 14.6. The number of carbonyl (C=O) groups excluding carboxylic acids is 1. The number of methoxy groups -OCH3 is 1. The van der Waals surface area contributed by atoms with Gasteiger partial charge in [-0.2, -0.15) is 0 Å². The number of aromatic nitrogens is 1. The lowest BCUT2D eigenvalue weighted by molar-refractivity contribution is -0.386. The summed E-state index contributed by atoms with van der Waals surface area (Å²) in [7, 11) is 1.28. The molecule has 0 unspecified atom stereocenters. The average Bonchev–Trinajstić information content (AvgIpc) is 3.27. The molecule has 214 valence electrons. The molecule has 4 aromatic rings. The van der Waals surface area contributed by atoms with E-state index in [4.69, 9.17) is 9.47 Å². The van der Waals surface area contributed by atoms with Gasteiger partial charge in [0.25, 0.3) is 11.5 Å². The van der Waals surface area contributed by atoms with E-state index in [9.17, 15) is 24.8 Å². The SMILES string of the molecule is CCOc1ccc([C@H]2C(C(=O)Nc3ccccc3)=C(C)N=c3s/c(=C\c4cc(OC)c(O)c([N+](=O)[O-])c4)c(=O)n32)cc1. The van der Waals surface area contributed by atoms with E-state index in [0.29, 0.717) is 39.7 Å². The van der Waals surface area contributed by atoms with E-state index in [2.05, 4.69) is 10.3 Å². The summed E-state index contributed by atoms with van der Waals surface area (Å²) in [6.45, 7) is 4.08. The summed E-state index contributed by atoms with van der Waals surface area (Å²) in [5.41, 5.74) is 1.27. The van der Waals surface area contributed by atoms with E-state index >= 15 is 0 Å². The third-order valence-corrected chi connectivity index (χ3v) is 7.58. The van der Waals surface area contributed by atoms with Crippen LogP contribution in [0.4, 0.5) is 11.4 Å². The third kappa shape index (κ3) is 5.39. The highest BCUT2D eigenvalue weighted by molar-refractivity contribution is 7.07. The minimum absolute atomic E-state index is 0.105. The summed E-state index contributed by atoms with van der Waals surface area (Å²) in [5.74, 6) is -0.477. The van der Waals surface area contributed by atoms with Gasteiger partial charge in [-0.1, -0.05) is 41.7 Å². The number of ether oxygens (including phenoxy) is 2. The van der Waals surface area contributed by atoms with Gasteiger partial charge in [0.1, 0.15) is 5.75 Å². The van der Waals surface area contributed by atoms with E-state index in [0.717, 1.165) is 17.4 Å². The number of aromatic hydroxyl groups is 1. The van der Waals surface area contributed by atoms with Crippen molar-refractivity contribution < 1.29 is 24.3 Å². The fourth-order valence-corrected chi connectivity index (χ4v) is 5.75. The van der Waals surface area contributed by atoms with Crippen LogP contribution in [0.2, 0.25) is 0 Å². The molecule has 2 heterocycles. The number of hydrogen-bond acceptors (Lipinski definition) is 9. The summed E-state index contributed by atoms with van der Waals surface area (Å²) < 4.78 is 12.4. The number of fused-ring (bicyclic) bond motifs is 1. The molecule has 0 saturated carbocycles. The first kappa shape index (κ1) is 28.3. The number of thiazole rings is 1. The standard InChI is InChI=1S/C30H26N4O7S/c1-4-41-21-12-10-19(11-13-21)26-25(28(36)32-20-8-6-5-7-9-20)17(2)31-30-33(26)29(37)24(42-30)16-18-14-22(34(38)39)27(35)23(15-18)40-3/h5-16,26,35H,4H2,1-3H3,(H,32,36)/b24-16-/t26-/m0/s1. The zero-order valence-electron chi connectivity index (χ0n) is 22.9. The van der Waals surface area contributed by atoms with Crippen molar-refractivity contribution in [2.24, 2.45) is 4.99 Å². The molecule has 1 amide bonds. The molecule has 1 aromatic heterocycles. The van der Waals surface area contributed by atoms with Crippen LogP contribution in [-0.4, -0.2) is 34.2 Å². The fourth-order valence-electron chi connectivity index (χ4n) is 4.70. The van der Waals surface area contributed by atoms with Crippen LogP contribution >= 0.6 is 11.3 Å². The van der Waals surface area contributed by atoms with Gasteiger partial charge in [-0.05, 0) is 61.4 Å². The van der Waals surface area contributed by atoms with Crippen LogP contribution in [0, 0.1) is 10.1 Å². The number of anilines is 1. The number of phenolic OH excluding ortho intramolecular Hbond substituents is 1. The van der Waals surface area contributed by atoms with Crippen LogP contribution in [0.3, 0.4) is 0 Å². The van der Waals surface area contributed by atoms with E-state index in [-0.39, 0.29) is 15.8 Å². The largest absolute Gasteiger partial charge is 0.500 e. The Hall–Kier alpha value is -5.23. The van der Waals surface area contributed by atoms with Gasteiger partial charge < -0.3 is 19.9 Å². The van der Waals surface area contributed by atoms with Crippen molar-refractivity contribution in [3.63, 3.8) is 0 Å². The van der Waals surface area contributed by atoms with E-state index < -0.39 is 33.9 Å². The number of para-hydroxylation sites is 1. The van der Waals surface area contributed by atoms with E-state index in [1.807, 2.05) is 13.0 Å². The van der Waals surface area contributed by atoms with E-state index in [1.54, 1.807) is 55.5 Å². The second kappa shape index (κ2) is 11.7. The molecule has 0 radical (unpaired) electrons. The molecule has 0 fully saturated rings. The lowest BCUT2D eigenvalue weighted by Gasteiger charge is -2.25. The highest BCUT2D eigenvalue weighted by Gasteiger charge is 2.32. The van der Waals surface area contributed by atoms with Gasteiger partial charge in [-0.15, -0.1) is 0 Å². The summed E-state index contributed by atoms with van der Waals surface area (Å²) in [6.07, 6.45) is 1.47. The molecule has 0 bridgehead atoms. The molecule has 0 saturated heterocycles. The molecule has 1 atom stereocenters. The van der Waals surface area contributed by atoms with Gasteiger partial charge in [0.2, 0.25) is 5.75 Å². The first-order valence-electron chi connectivity index (χ1n) is 12.9. The van der Waals surface area contributed by atoms with Crippen molar-refractivity contribution >= 4 is 34.7 Å². The molecular weight excluding hydrogens is 560 g/mol. The predicted octanol–water partition coefficient (Wildman–Crippen LogP) is 3.90. The van der Waals surface area contributed by atoms with Crippen molar-refractivity contribution in [1.82, 2.24) is 4.57 Å². The van der Waals surface area contributed by atoms with Gasteiger partial charge in [0.05, 0.1) is 40.5 Å². The van der Waals surface area contributed by atoms with Crippen molar-refractivity contribution in [3.05, 3.63) is 119 Å². The topological polar surface area (TPSA) is 145 Å². The Labute approximate surface area is 243 Å². The minimum atomic E-state index is -0.813. The number of nitrogens with zero attached hydrogens (tertiary/aromatic N) is 3. The molecular formula is C30H26N4O7S. The van der Waals surface area contributed by atoms with Gasteiger partial charge in [0.15, 0.2) is 10.6 Å². The maximum absolute atomic E-state index is 13.9. The van der Waals surface area contributed by atoms with Crippen LogP contribution in [0.15, 0.2) is 87.8 Å². The lowest BCUT2D eigenvalue weighted by Crippen LogP contribution is -2.40. The number of nitrogens with one attached hydrogen (secondary N) is 1. The summed E-state index contributed by atoms with van der Waals surface area (Å²) in [6, 6.07) is 17.9. The number of allylic oxidation sites excluding steroid dienone is 1. The number of rotatable bonds is 8. The molecule has 0 aliphatic carbocycles. The number of benzene rings is 3. The van der Waals surface area contributed by atoms with Crippen molar-refractivity contribution in [2.75, 3.05) is 19.0 Å². The molecule has 1 aliphatic heterocycles. The molecule has 12 heteroatoms. The Morgan fingerprint density at radius 2 is 1.90 bits per heavy atom. The van der Waals surface area contributed by atoms with Crippen LogP contribution < -0.4 is 29.7 Å². The molecule has 42 heavy (non-hydrogen) atoms. The van der Waals surface area contributed by atoms with Crippen LogP contribution in [0.25, 0.3) is 6.08 Å². The number of carbonyl (C=O) groups is 1. The maximum atomic E-state index is 13.9. The summed E-state index contributed by atoms with van der Waals surface area (Å²) >= 11 is 1.08. The predicted molar refractivity (Wildman–Crippen MR) is 158 cm³/mol. The molecule has 3 aromatic carbocycles. The van der Waals surface area contributed by atoms with Gasteiger partial charge in [-0.3, -0.25) is 24.3 Å². The minimum Gasteiger partial charge on any atom is -0.500 e. The van der Waals surface area contributed by atoms with E-state index in [1.165, 1.54) is 23.8 Å². The Bertz CT molecular complexity index is 1890. The average molecular weight is 587 g/mol. The first-order valence-corrected chi connectivity index (χ1v) is 13.7. The number of amides is 1. The number of hydrogen-bond donors (Lipinski definition) is 2. The number of phenols is 1. The zero-order chi connectivity index (χ0) is 30.0. The highest BCUT2D eigenvalue weighted by atomic mass is 32.1. The van der Waals surface area contributed by atoms with Crippen molar-refractivity contribution in [3.8, 4) is 17.2 Å². The maximum Gasteiger partial charge on any atom is 0.315 e. The monoisotopic (exact) mass is 586 g/mol. The number of nitro groups is 1. The smallest absolute Gasteiger partial charge is 0.315 e. The van der Waals surface area contributed by atoms with Gasteiger partial charge >= 0.3 is 5.69 Å². The Kier molecular flexibility index (Phi) is 7.89. The molecule has 2 N–H and O–H groups in total. The fraction of sp³-hybridized carbons (Fsp3) is 0.167.